The van der Waals surface area contributed by atoms with Gasteiger partial charge >= 0.3 is 0 Å². The van der Waals surface area contributed by atoms with Gasteiger partial charge in [0.25, 0.3) is 0 Å². The molecule has 3 heteroatoms. The molecule has 0 aromatic rings. The van der Waals surface area contributed by atoms with Crippen LogP contribution in [0.1, 0.15) is 25.7 Å². The highest BCUT2D eigenvalue weighted by atomic mass is 16.1. The lowest BCUT2D eigenvalue weighted by Gasteiger charge is -2.37. The normalized spacial score (nSPS) is 41.8. The molecular formula is C9H16N2O. The Morgan fingerprint density at radius 2 is 2.17 bits per heavy atom. The Morgan fingerprint density at radius 3 is 3.00 bits per heavy atom. The molecule has 3 N–H and O–H groups in total. The molecule has 2 rings (SSSR count). The molecule has 2 fully saturated rings. The topological polar surface area (TPSA) is 55.1 Å². The van der Waals surface area contributed by atoms with Gasteiger partial charge in [-0.3, -0.25) is 4.79 Å². The van der Waals surface area contributed by atoms with Crippen molar-refractivity contribution in [3.05, 3.63) is 0 Å². The number of fused-ring (bicyclic) bond motifs is 1. The van der Waals surface area contributed by atoms with E-state index in [0.29, 0.717) is 5.92 Å². The summed E-state index contributed by atoms with van der Waals surface area (Å²) < 4.78 is 0. The summed E-state index contributed by atoms with van der Waals surface area (Å²) in [6, 6.07) is 0.259. The maximum Gasteiger partial charge on any atom is 0.223 e. The lowest BCUT2D eigenvalue weighted by Crippen LogP contribution is -2.47. The molecule has 1 saturated carbocycles. The summed E-state index contributed by atoms with van der Waals surface area (Å²) in [5.74, 6) is 1.09. The molecule has 12 heavy (non-hydrogen) atoms. The maximum atomic E-state index is 11.4. The highest BCUT2D eigenvalue weighted by Gasteiger charge is 2.35. The first kappa shape index (κ1) is 8.05. The van der Waals surface area contributed by atoms with Gasteiger partial charge in [-0.15, -0.1) is 0 Å². The van der Waals surface area contributed by atoms with Gasteiger partial charge in [-0.2, -0.15) is 0 Å². The summed E-state index contributed by atoms with van der Waals surface area (Å²) in [5, 5.41) is 2.91. The Balaban J connectivity index is 2.05. The lowest BCUT2D eigenvalue weighted by atomic mass is 9.73. The van der Waals surface area contributed by atoms with E-state index in [1.807, 2.05) is 0 Å². The standard InChI is InChI=1S/C9H16N2O/c10-7-2-1-6-3-4-11-9(12)8(6)5-7/h6-8H,1-5,10H2,(H,11,12). The highest BCUT2D eigenvalue weighted by molar-refractivity contribution is 5.79. The maximum absolute atomic E-state index is 11.4. The zero-order valence-corrected chi connectivity index (χ0v) is 7.25. The molecule has 1 amide bonds. The van der Waals surface area contributed by atoms with Gasteiger partial charge in [-0.05, 0) is 31.6 Å². The molecule has 1 saturated heterocycles. The number of nitrogens with two attached hydrogens (primary N) is 1. The number of hydrogen-bond donors (Lipinski definition) is 2. The Labute approximate surface area is 72.7 Å². The quantitative estimate of drug-likeness (QED) is 0.544. The second kappa shape index (κ2) is 3.05. The Bertz CT molecular complexity index is 193. The molecule has 3 atom stereocenters. The summed E-state index contributed by atoms with van der Waals surface area (Å²) in [4.78, 5) is 11.4. The SMILES string of the molecule is NC1CCC2CCNC(=O)C2C1. The Kier molecular flexibility index (Phi) is 2.05. The van der Waals surface area contributed by atoms with Crippen LogP contribution < -0.4 is 11.1 Å². The minimum absolute atomic E-state index is 0.225. The average Bonchev–Trinajstić information content (AvgIpc) is 2.07. The van der Waals surface area contributed by atoms with E-state index in [2.05, 4.69) is 5.32 Å². The first-order chi connectivity index (χ1) is 5.77. The Hall–Kier alpha value is -0.570. The molecule has 0 aromatic carbocycles. The summed E-state index contributed by atoms with van der Waals surface area (Å²) in [6.45, 7) is 0.870. The first-order valence-corrected chi connectivity index (χ1v) is 4.80. The molecule has 2 aliphatic rings. The summed E-state index contributed by atoms with van der Waals surface area (Å²) in [5.41, 5.74) is 5.82. The molecule has 0 spiro atoms. The fraction of sp³-hybridized carbons (Fsp3) is 0.889. The number of hydrogen-bond acceptors (Lipinski definition) is 2. The molecule has 3 unspecified atom stereocenters. The van der Waals surface area contributed by atoms with Gasteiger partial charge < -0.3 is 11.1 Å². The van der Waals surface area contributed by atoms with E-state index in [-0.39, 0.29) is 17.9 Å². The van der Waals surface area contributed by atoms with Crippen molar-refractivity contribution >= 4 is 5.91 Å². The molecule has 0 aromatic heterocycles. The van der Waals surface area contributed by atoms with E-state index in [4.69, 9.17) is 5.73 Å². The van der Waals surface area contributed by atoms with E-state index in [9.17, 15) is 4.79 Å². The zero-order valence-electron chi connectivity index (χ0n) is 7.25. The van der Waals surface area contributed by atoms with Crippen LogP contribution in [0.3, 0.4) is 0 Å². The summed E-state index contributed by atoms with van der Waals surface area (Å²) in [7, 11) is 0. The fourth-order valence-electron chi connectivity index (χ4n) is 2.44. The van der Waals surface area contributed by atoms with E-state index < -0.39 is 0 Å². The third-order valence-electron chi connectivity index (χ3n) is 3.19. The third-order valence-corrected chi connectivity index (χ3v) is 3.19. The van der Waals surface area contributed by atoms with Gasteiger partial charge in [-0.1, -0.05) is 0 Å². The van der Waals surface area contributed by atoms with Crippen molar-refractivity contribution in [3.8, 4) is 0 Å². The first-order valence-electron chi connectivity index (χ1n) is 4.80. The third kappa shape index (κ3) is 1.33. The zero-order chi connectivity index (χ0) is 8.55. The van der Waals surface area contributed by atoms with Gasteiger partial charge in [0, 0.05) is 18.5 Å². The van der Waals surface area contributed by atoms with Crippen molar-refractivity contribution in [2.75, 3.05) is 6.54 Å². The summed E-state index contributed by atoms with van der Waals surface area (Å²) in [6.07, 6.45) is 4.31. The molecule has 1 heterocycles. The van der Waals surface area contributed by atoms with E-state index in [1.165, 1.54) is 0 Å². The molecule has 0 bridgehead atoms. The molecule has 1 aliphatic heterocycles. The van der Waals surface area contributed by atoms with Crippen LogP contribution in [0.4, 0.5) is 0 Å². The van der Waals surface area contributed by atoms with Crippen LogP contribution in [-0.2, 0) is 4.79 Å². The van der Waals surface area contributed by atoms with Crippen LogP contribution in [0, 0.1) is 11.8 Å². The van der Waals surface area contributed by atoms with E-state index in [0.717, 1.165) is 32.2 Å². The van der Waals surface area contributed by atoms with Crippen LogP contribution in [0.15, 0.2) is 0 Å². The Morgan fingerprint density at radius 1 is 1.33 bits per heavy atom. The minimum Gasteiger partial charge on any atom is -0.356 e. The minimum atomic E-state index is 0.225. The molecular weight excluding hydrogens is 152 g/mol. The number of piperidine rings is 1. The average molecular weight is 168 g/mol. The van der Waals surface area contributed by atoms with Crippen LogP contribution >= 0.6 is 0 Å². The highest BCUT2D eigenvalue weighted by Crippen LogP contribution is 2.33. The number of nitrogens with one attached hydrogen (secondary N) is 1. The van der Waals surface area contributed by atoms with Crippen molar-refractivity contribution < 1.29 is 4.79 Å². The van der Waals surface area contributed by atoms with Gasteiger partial charge in [0.1, 0.15) is 0 Å². The monoisotopic (exact) mass is 168 g/mol. The van der Waals surface area contributed by atoms with E-state index >= 15 is 0 Å². The van der Waals surface area contributed by atoms with Crippen molar-refractivity contribution in [1.29, 1.82) is 0 Å². The predicted octanol–water partition coefficient (Wildman–Crippen LogP) is 0.250. The van der Waals surface area contributed by atoms with Crippen molar-refractivity contribution in [3.63, 3.8) is 0 Å². The number of carbonyl (C=O) groups excluding carboxylic acids is 1. The predicted molar refractivity (Wildman–Crippen MR) is 46.4 cm³/mol. The molecule has 1 aliphatic carbocycles. The van der Waals surface area contributed by atoms with Crippen LogP contribution in [0.2, 0.25) is 0 Å². The summed E-state index contributed by atoms with van der Waals surface area (Å²) >= 11 is 0. The number of amides is 1. The van der Waals surface area contributed by atoms with E-state index in [1.54, 1.807) is 0 Å². The number of carbonyl (C=O) groups is 1. The molecule has 68 valence electrons. The number of rotatable bonds is 0. The van der Waals surface area contributed by atoms with Crippen LogP contribution in [0.25, 0.3) is 0 Å². The van der Waals surface area contributed by atoms with Gasteiger partial charge in [0.05, 0.1) is 0 Å². The van der Waals surface area contributed by atoms with Crippen LogP contribution in [0.5, 0.6) is 0 Å². The second-order valence-electron chi connectivity index (χ2n) is 4.02. The second-order valence-corrected chi connectivity index (χ2v) is 4.02. The molecule has 0 radical (unpaired) electrons. The lowest BCUT2D eigenvalue weighted by molar-refractivity contribution is -0.130. The van der Waals surface area contributed by atoms with Crippen molar-refractivity contribution in [1.82, 2.24) is 5.32 Å². The van der Waals surface area contributed by atoms with Crippen LogP contribution in [-0.4, -0.2) is 18.5 Å². The van der Waals surface area contributed by atoms with Gasteiger partial charge in [-0.25, -0.2) is 0 Å². The van der Waals surface area contributed by atoms with Gasteiger partial charge in [0.15, 0.2) is 0 Å². The van der Waals surface area contributed by atoms with Crippen molar-refractivity contribution in [2.45, 2.75) is 31.7 Å². The molecule has 3 nitrogen and oxygen atoms in total. The largest absolute Gasteiger partial charge is 0.356 e. The van der Waals surface area contributed by atoms with Crippen molar-refractivity contribution in [2.24, 2.45) is 17.6 Å². The fourth-order valence-corrected chi connectivity index (χ4v) is 2.44. The van der Waals surface area contributed by atoms with Gasteiger partial charge in [0.2, 0.25) is 5.91 Å². The smallest absolute Gasteiger partial charge is 0.223 e.